The molecule has 0 radical (unpaired) electrons. The number of anilines is 2. The first kappa shape index (κ1) is 10.3. The van der Waals surface area contributed by atoms with E-state index in [1.807, 2.05) is 12.1 Å². The summed E-state index contributed by atoms with van der Waals surface area (Å²) in [5, 5.41) is 13.8. The third-order valence-electron chi connectivity index (χ3n) is 1.96. The van der Waals surface area contributed by atoms with Gasteiger partial charge in [-0.15, -0.1) is 0 Å². The van der Waals surface area contributed by atoms with Crippen molar-refractivity contribution in [1.29, 1.82) is 0 Å². The summed E-state index contributed by atoms with van der Waals surface area (Å²) < 4.78 is 0. The molecule has 82 valence electrons. The monoisotopic (exact) mass is 216 g/mol. The Kier molecular flexibility index (Phi) is 3.22. The molecule has 6 heteroatoms. The van der Waals surface area contributed by atoms with E-state index in [1.54, 1.807) is 25.5 Å². The van der Waals surface area contributed by atoms with Crippen LogP contribution >= 0.6 is 0 Å². The smallest absolute Gasteiger partial charge is 0.224 e. The molecule has 0 aliphatic carbocycles. The average Bonchev–Trinajstić information content (AvgIpc) is 2.38. The van der Waals surface area contributed by atoms with E-state index in [2.05, 4.69) is 30.8 Å². The Bertz CT molecular complexity index is 444. The van der Waals surface area contributed by atoms with Crippen LogP contribution in [-0.2, 0) is 6.54 Å². The highest BCUT2D eigenvalue weighted by atomic mass is 15.1. The van der Waals surface area contributed by atoms with Crippen LogP contribution in [-0.4, -0.2) is 27.2 Å². The van der Waals surface area contributed by atoms with Crippen LogP contribution in [0.1, 0.15) is 5.69 Å². The first-order valence-electron chi connectivity index (χ1n) is 4.90. The van der Waals surface area contributed by atoms with Gasteiger partial charge in [0.25, 0.3) is 0 Å². The summed E-state index contributed by atoms with van der Waals surface area (Å²) in [5.41, 5.74) is 0.868. The first-order chi connectivity index (χ1) is 7.88. The minimum absolute atomic E-state index is 0.587. The zero-order chi connectivity index (χ0) is 11.2. The van der Waals surface area contributed by atoms with E-state index in [1.165, 1.54) is 0 Å². The second kappa shape index (κ2) is 5.01. The standard InChI is InChI=1S/C10H12N6/c1-11-10-12-6-4-9(15-10)13-7-8-3-2-5-14-16-8/h2-6H,7H2,1H3,(H2,11,12,13,15). The summed E-state index contributed by atoms with van der Waals surface area (Å²) in [6.45, 7) is 0.591. The van der Waals surface area contributed by atoms with Gasteiger partial charge in [0.1, 0.15) is 5.82 Å². The van der Waals surface area contributed by atoms with E-state index in [-0.39, 0.29) is 0 Å². The summed E-state index contributed by atoms with van der Waals surface area (Å²) in [7, 11) is 1.78. The molecule has 0 fully saturated rings. The lowest BCUT2D eigenvalue weighted by Crippen LogP contribution is -2.05. The van der Waals surface area contributed by atoms with Crippen LogP contribution in [0.15, 0.2) is 30.6 Å². The van der Waals surface area contributed by atoms with Gasteiger partial charge in [0.15, 0.2) is 0 Å². The zero-order valence-electron chi connectivity index (χ0n) is 8.88. The van der Waals surface area contributed by atoms with Gasteiger partial charge in [-0.1, -0.05) is 0 Å². The first-order valence-corrected chi connectivity index (χ1v) is 4.90. The minimum Gasteiger partial charge on any atom is -0.364 e. The van der Waals surface area contributed by atoms with E-state index in [0.29, 0.717) is 12.5 Å². The second-order valence-electron chi connectivity index (χ2n) is 3.08. The van der Waals surface area contributed by atoms with Gasteiger partial charge in [-0.25, -0.2) is 4.98 Å². The predicted octanol–water partition coefficient (Wildman–Crippen LogP) is 0.920. The SMILES string of the molecule is CNc1nccc(NCc2cccnn2)n1. The molecule has 0 saturated heterocycles. The molecule has 0 bridgehead atoms. The average molecular weight is 216 g/mol. The number of aromatic nitrogens is 4. The molecule has 0 unspecified atom stereocenters. The summed E-state index contributed by atoms with van der Waals surface area (Å²) in [5.74, 6) is 1.34. The molecule has 6 nitrogen and oxygen atoms in total. The maximum Gasteiger partial charge on any atom is 0.224 e. The highest BCUT2D eigenvalue weighted by molar-refractivity contribution is 5.39. The van der Waals surface area contributed by atoms with E-state index >= 15 is 0 Å². The van der Waals surface area contributed by atoms with Gasteiger partial charge >= 0.3 is 0 Å². The molecule has 2 rings (SSSR count). The van der Waals surface area contributed by atoms with Crippen molar-refractivity contribution in [1.82, 2.24) is 20.2 Å². The highest BCUT2D eigenvalue weighted by Gasteiger charge is 1.97. The summed E-state index contributed by atoms with van der Waals surface area (Å²) in [4.78, 5) is 8.25. The van der Waals surface area contributed by atoms with Gasteiger partial charge in [-0.2, -0.15) is 15.2 Å². The summed E-state index contributed by atoms with van der Waals surface area (Å²) >= 11 is 0. The van der Waals surface area contributed by atoms with Crippen LogP contribution in [0.2, 0.25) is 0 Å². The van der Waals surface area contributed by atoms with Crippen LogP contribution in [0, 0.1) is 0 Å². The maximum absolute atomic E-state index is 4.22. The van der Waals surface area contributed by atoms with Crippen LogP contribution in [0.3, 0.4) is 0 Å². The molecule has 2 aromatic heterocycles. The Morgan fingerprint density at radius 3 is 2.94 bits per heavy atom. The largest absolute Gasteiger partial charge is 0.364 e. The van der Waals surface area contributed by atoms with Gasteiger partial charge in [0.2, 0.25) is 5.95 Å². The molecule has 0 spiro atoms. The van der Waals surface area contributed by atoms with E-state index < -0.39 is 0 Å². The van der Waals surface area contributed by atoms with E-state index in [4.69, 9.17) is 0 Å². The molecule has 0 aliphatic rings. The Morgan fingerprint density at radius 2 is 2.19 bits per heavy atom. The van der Waals surface area contributed by atoms with Gasteiger partial charge in [-0.05, 0) is 18.2 Å². The molecule has 0 atom stereocenters. The summed E-state index contributed by atoms with van der Waals surface area (Å²) in [6, 6.07) is 5.56. The predicted molar refractivity (Wildman–Crippen MR) is 60.9 cm³/mol. The van der Waals surface area contributed by atoms with E-state index in [9.17, 15) is 0 Å². The van der Waals surface area contributed by atoms with Gasteiger partial charge < -0.3 is 10.6 Å². The van der Waals surface area contributed by atoms with Crippen LogP contribution in [0.4, 0.5) is 11.8 Å². The molecular weight excluding hydrogens is 204 g/mol. The fourth-order valence-corrected chi connectivity index (χ4v) is 1.19. The molecule has 0 saturated carbocycles. The van der Waals surface area contributed by atoms with Gasteiger partial charge in [-0.3, -0.25) is 0 Å². The zero-order valence-corrected chi connectivity index (χ0v) is 8.88. The molecule has 0 aliphatic heterocycles. The van der Waals surface area contributed by atoms with Crippen LogP contribution < -0.4 is 10.6 Å². The number of rotatable bonds is 4. The van der Waals surface area contributed by atoms with Gasteiger partial charge in [0.05, 0.1) is 12.2 Å². The molecule has 2 N–H and O–H groups in total. The molecule has 0 aromatic carbocycles. The third-order valence-corrected chi connectivity index (χ3v) is 1.96. The van der Waals surface area contributed by atoms with Crippen molar-refractivity contribution in [3.05, 3.63) is 36.3 Å². The highest BCUT2D eigenvalue weighted by Crippen LogP contribution is 2.06. The fraction of sp³-hybridized carbons (Fsp3) is 0.200. The van der Waals surface area contributed by atoms with Crippen molar-refractivity contribution in [2.24, 2.45) is 0 Å². The topological polar surface area (TPSA) is 75.6 Å². The molecule has 16 heavy (non-hydrogen) atoms. The molecule has 0 amide bonds. The van der Waals surface area contributed by atoms with Crippen molar-refractivity contribution in [3.8, 4) is 0 Å². The molecule has 2 heterocycles. The van der Waals surface area contributed by atoms with Crippen molar-refractivity contribution >= 4 is 11.8 Å². The Morgan fingerprint density at radius 1 is 1.25 bits per heavy atom. The van der Waals surface area contributed by atoms with Gasteiger partial charge in [0, 0.05) is 19.4 Å². The fourth-order valence-electron chi connectivity index (χ4n) is 1.19. The number of nitrogens with zero attached hydrogens (tertiary/aromatic N) is 4. The number of hydrogen-bond donors (Lipinski definition) is 2. The third kappa shape index (κ3) is 2.63. The quantitative estimate of drug-likeness (QED) is 0.791. The maximum atomic E-state index is 4.22. The van der Waals surface area contributed by atoms with Crippen molar-refractivity contribution < 1.29 is 0 Å². The normalized spacial score (nSPS) is 9.81. The lowest BCUT2D eigenvalue weighted by atomic mass is 10.4. The lowest BCUT2D eigenvalue weighted by molar-refractivity contribution is 0.919. The second-order valence-corrected chi connectivity index (χ2v) is 3.08. The van der Waals surface area contributed by atoms with Crippen LogP contribution in [0.5, 0.6) is 0 Å². The number of nitrogens with one attached hydrogen (secondary N) is 2. The summed E-state index contributed by atoms with van der Waals surface area (Å²) in [6.07, 6.45) is 3.34. The Labute approximate surface area is 93.2 Å². The number of hydrogen-bond acceptors (Lipinski definition) is 6. The Hall–Kier alpha value is -2.24. The molecular formula is C10H12N6. The molecule has 2 aromatic rings. The van der Waals surface area contributed by atoms with Crippen LogP contribution in [0.25, 0.3) is 0 Å². The Balaban J connectivity index is 1.99. The van der Waals surface area contributed by atoms with E-state index in [0.717, 1.165) is 11.5 Å². The lowest BCUT2D eigenvalue weighted by Gasteiger charge is -2.05. The van der Waals surface area contributed by atoms with Crippen molar-refractivity contribution in [3.63, 3.8) is 0 Å². The minimum atomic E-state index is 0.587. The van der Waals surface area contributed by atoms with Crippen molar-refractivity contribution in [2.45, 2.75) is 6.54 Å². The van der Waals surface area contributed by atoms with Crippen molar-refractivity contribution in [2.75, 3.05) is 17.7 Å².